The molecule has 0 radical (unpaired) electrons. The van der Waals surface area contributed by atoms with Gasteiger partial charge in [0.15, 0.2) is 0 Å². The van der Waals surface area contributed by atoms with Crippen LogP contribution in [0.2, 0.25) is 10.0 Å². The zero-order chi connectivity index (χ0) is 27.0. The zero-order valence-corrected chi connectivity index (χ0v) is 24.9. The summed E-state index contributed by atoms with van der Waals surface area (Å²) in [7, 11) is -2.74. The number of carbonyl (C=O) groups is 1. The lowest BCUT2D eigenvalue weighted by molar-refractivity contribution is 0.0922. The van der Waals surface area contributed by atoms with Crippen LogP contribution in [-0.4, -0.2) is 43.0 Å². The minimum absolute atomic E-state index is 0.0460. The molecule has 198 valence electrons. The summed E-state index contributed by atoms with van der Waals surface area (Å²) in [6.07, 6.45) is 1.47. The number of nitrogens with zero attached hydrogens (tertiary/aromatic N) is 1. The predicted molar refractivity (Wildman–Crippen MR) is 153 cm³/mol. The van der Waals surface area contributed by atoms with E-state index in [1.54, 1.807) is 18.8 Å². The van der Waals surface area contributed by atoms with Crippen LogP contribution in [0.5, 0.6) is 0 Å². The average Bonchev–Trinajstić information content (AvgIpc) is 2.87. The number of halogens is 2. The number of amides is 1. The molecule has 0 bridgehead atoms. The summed E-state index contributed by atoms with van der Waals surface area (Å²) in [6, 6.07) is 12.8. The van der Waals surface area contributed by atoms with Crippen molar-refractivity contribution in [1.29, 1.82) is 0 Å². The highest BCUT2D eigenvalue weighted by Crippen LogP contribution is 2.48. The van der Waals surface area contributed by atoms with E-state index in [2.05, 4.69) is 5.32 Å². The van der Waals surface area contributed by atoms with Crippen LogP contribution in [-0.2, 0) is 9.09 Å². The van der Waals surface area contributed by atoms with Gasteiger partial charge in [-0.3, -0.25) is 9.36 Å². The number of benzene rings is 2. The number of carbonyl (C=O) groups excluding carboxylic acids is 1. The highest BCUT2D eigenvalue weighted by molar-refractivity contribution is 7.55. The van der Waals surface area contributed by atoms with Crippen LogP contribution in [0.15, 0.2) is 42.5 Å². The normalized spacial score (nSPS) is 15.1. The number of rotatable bonds is 6. The molecule has 2 aromatic rings. The van der Waals surface area contributed by atoms with Crippen molar-refractivity contribution in [2.24, 2.45) is 0 Å². The third-order valence-corrected chi connectivity index (χ3v) is 7.61. The van der Waals surface area contributed by atoms with Crippen LogP contribution in [0.1, 0.15) is 71.7 Å². The standard InChI is InChI=1S/C21H25Cl2N2O3P.3C2H6/c1-3-28-29(2,27)25-9-7-20(8-10-25)24-21(26)16-6-4-5-15(11-16)17-12-18(22)14-19(23)13-17;3*1-2/h4-6,11-14,20H,3,7-10H2,1-2H3,(H,24,26);3*1-2H3. The molecule has 0 aromatic heterocycles. The number of piperidine rings is 1. The summed E-state index contributed by atoms with van der Waals surface area (Å²) in [5.74, 6) is -0.122. The van der Waals surface area contributed by atoms with E-state index >= 15 is 0 Å². The highest BCUT2D eigenvalue weighted by Gasteiger charge is 2.30. The molecule has 1 amide bonds. The highest BCUT2D eigenvalue weighted by atomic mass is 35.5. The van der Waals surface area contributed by atoms with Gasteiger partial charge in [-0.2, -0.15) is 0 Å². The molecule has 0 aliphatic carbocycles. The third kappa shape index (κ3) is 11.1. The van der Waals surface area contributed by atoms with Crippen LogP contribution in [0.3, 0.4) is 0 Å². The first-order valence-corrected chi connectivity index (χ1v) is 15.4. The summed E-state index contributed by atoms with van der Waals surface area (Å²) < 4.78 is 19.8. The molecule has 1 saturated heterocycles. The lowest BCUT2D eigenvalue weighted by Gasteiger charge is -2.35. The molecule has 1 aliphatic heterocycles. The summed E-state index contributed by atoms with van der Waals surface area (Å²) in [5.41, 5.74) is 2.32. The fraction of sp³-hybridized carbons (Fsp3) is 0.519. The lowest BCUT2D eigenvalue weighted by atomic mass is 10.0. The molecule has 0 saturated carbocycles. The third-order valence-electron chi connectivity index (χ3n) is 5.01. The fourth-order valence-electron chi connectivity index (χ4n) is 3.52. The van der Waals surface area contributed by atoms with Gasteiger partial charge >= 0.3 is 0 Å². The van der Waals surface area contributed by atoms with E-state index in [4.69, 9.17) is 27.7 Å². The Balaban J connectivity index is 0.00000179. The first kappa shape index (κ1) is 33.6. The second kappa shape index (κ2) is 18.0. The van der Waals surface area contributed by atoms with Crippen LogP contribution in [0, 0.1) is 0 Å². The second-order valence-corrected chi connectivity index (χ2v) is 10.5. The molecule has 1 unspecified atom stereocenters. The minimum atomic E-state index is -2.74. The number of nitrogens with one attached hydrogen (secondary N) is 1. The molecular weight excluding hydrogens is 502 g/mol. The predicted octanol–water partition coefficient (Wildman–Crippen LogP) is 8.79. The number of hydrogen-bond acceptors (Lipinski definition) is 3. The van der Waals surface area contributed by atoms with Gasteiger partial charge in [-0.25, -0.2) is 4.67 Å². The lowest BCUT2D eigenvalue weighted by Crippen LogP contribution is -2.43. The molecule has 1 N–H and O–H groups in total. The number of hydrogen-bond donors (Lipinski definition) is 1. The smallest absolute Gasteiger partial charge is 0.269 e. The Morgan fingerprint density at radius 3 is 2.03 bits per heavy atom. The minimum Gasteiger partial charge on any atom is -0.349 e. The Hall–Kier alpha value is -1.36. The van der Waals surface area contributed by atoms with Crippen molar-refractivity contribution >= 4 is 36.6 Å². The summed E-state index contributed by atoms with van der Waals surface area (Å²) >= 11 is 12.2. The van der Waals surface area contributed by atoms with Crippen molar-refractivity contribution in [1.82, 2.24) is 9.99 Å². The summed E-state index contributed by atoms with van der Waals surface area (Å²) in [4.78, 5) is 12.8. The molecule has 1 fully saturated rings. The van der Waals surface area contributed by atoms with Crippen LogP contribution < -0.4 is 5.32 Å². The molecule has 35 heavy (non-hydrogen) atoms. The summed E-state index contributed by atoms with van der Waals surface area (Å²) in [5, 5.41) is 4.19. The Kier molecular flexibility index (Phi) is 17.3. The Labute approximate surface area is 223 Å². The Bertz CT molecular complexity index is 912. The molecule has 1 heterocycles. The maximum atomic E-state index is 12.8. The molecule has 5 nitrogen and oxygen atoms in total. The quantitative estimate of drug-likeness (QED) is 0.369. The van der Waals surface area contributed by atoms with E-state index < -0.39 is 7.52 Å². The van der Waals surface area contributed by atoms with Crippen molar-refractivity contribution in [2.45, 2.75) is 67.3 Å². The monoisotopic (exact) mass is 544 g/mol. The maximum Gasteiger partial charge on any atom is 0.269 e. The molecule has 8 heteroatoms. The van der Waals surface area contributed by atoms with Crippen molar-refractivity contribution in [2.75, 3.05) is 26.4 Å². The average molecular weight is 546 g/mol. The van der Waals surface area contributed by atoms with Gasteiger partial charge in [-0.1, -0.05) is 76.9 Å². The largest absolute Gasteiger partial charge is 0.349 e. The van der Waals surface area contributed by atoms with Crippen LogP contribution in [0.4, 0.5) is 0 Å². The second-order valence-electron chi connectivity index (χ2n) is 7.16. The molecule has 2 aromatic carbocycles. The van der Waals surface area contributed by atoms with Gasteiger partial charge in [-0.15, -0.1) is 0 Å². The van der Waals surface area contributed by atoms with Crippen molar-refractivity contribution in [3.05, 3.63) is 58.1 Å². The van der Waals surface area contributed by atoms with E-state index in [1.807, 2.05) is 83.5 Å². The molecular formula is C27H43Cl2N2O3P. The van der Waals surface area contributed by atoms with E-state index in [0.29, 0.717) is 35.3 Å². The van der Waals surface area contributed by atoms with E-state index in [1.165, 1.54) is 0 Å². The molecule has 0 spiro atoms. The van der Waals surface area contributed by atoms with Gasteiger partial charge in [0.25, 0.3) is 13.4 Å². The van der Waals surface area contributed by atoms with Crippen LogP contribution >= 0.6 is 30.7 Å². The SMILES string of the molecule is CC.CC.CC.CCOP(C)(=O)N1CCC(NC(=O)c2cccc(-c3cc(Cl)cc(Cl)c3)c2)CC1. The van der Waals surface area contributed by atoms with Crippen molar-refractivity contribution < 1.29 is 13.9 Å². The molecule has 1 aliphatic rings. The van der Waals surface area contributed by atoms with Crippen molar-refractivity contribution in [3.8, 4) is 11.1 Å². The topological polar surface area (TPSA) is 58.6 Å². The Morgan fingerprint density at radius 1 is 0.971 bits per heavy atom. The first-order chi connectivity index (χ1) is 16.8. The van der Waals surface area contributed by atoms with Gasteiger partial charge in [0, 0.05) is 41.4 Å². The van der Waals surface area contributed by atoms with Gasteiger partial charge in [0.05, 0.1) is 6.61 Å². The zero-order valence-electron chi connectivity index (χ0n) is 22.5. The summed E-state index contributed by atoms with van der Waals surface area (Å²) in [6.45, 7) is 17.2. The molecule has 3 rings (SSSR count). The van der Waals surface area contributed by atoms with Crippen molar-refractivity contribution in [3.63, 3.8) is 0 Å². The van der Waals surface area contributed by atoms with Gasteiger partial charge in [-0.05, 0) is 61.2 Å². The van der Waals surface area contributed by atoms with Crippen LogP contribution in [0.25, 0.3) is 11.1 Å². The van der Waals surface area contributed by atoms with Gasteiger partial charge in [0.2, 0.25) is 0 Å². The first-order valence-electron chi connectivity index (χ1n) is 12.6. The van der Waals surface area contributed by atoms with Gasteiger partial charge < -0.3 is 9.84 Å². The fourth-order valence-corrected chi connectivity index (χ4v) is 5.65. The van der Waals surface area contributed by atoms with Gasteiger partial charge in [0.1, 0.15) is 0 Å². The van der Waals surface area contributed by atoms with E-state index in [-0.39, 0.29) is 11.9 Å². The maximum absolute atomic E-state index is 12.8. The van der Waals surface area contributed by atoms with E-state index in [0.717, 1.165) is 24.0 Å². The Morgan fingerprint density at radius 2 is 1.51 bits per heavy atom. The molecule has 1 atom stereocenters. The van der Waals surface area contributed by atoms with E-state index in [9.17, 15) is 9.36 Å².